The number of likely N-dealkylation sites (tertiary alicyclic amines) is 1. The number of carbonyl (C=O) groups is 3. The van der Waals surface area contributed by atoms with Crippen LogP contribution in [0.1, 0.15) is 38.7 Å². The Bertz CT molecular complexity index is 861. The maximum atomic E-state index is 13.5. The molecule has 8 nitrogen and oxygen atoms in total. The number of aliphatic hydroxyl groups is 1. The molecule has 0 aromatic heterocycles. The zero-order chi connectivity index (χ0) is 22.2. The van der Waals surface area contributed by atoms with Crippen molar-refractivity contribution in [3.63, 3.8) is 0 Å². The summed E-state index contributed by atoms with van der Waals surface area (Å²) in [4.78, 5) is 41.2. The minimum atomic E-state index is -1.08. The average molecular weight is 431 g/mol. The maximum Gasteiger partial charge on any atom is 0.312 e. The van der Waals surface area contributed by atoms with Crippen LogP contribution >= 0.6 is 0 Å². The first-order valence-corrected chi connectivity index (χ1v) is 11.0. The quantitative estimate of drug-likeness (QED) is 0.597. The molecule has 0 aliphatic carbocycles. The van der Waals surface area contributed by atoms with Gasteiger partial charge < -0.3 is 24.8 Å². The van der Waals surface area contributed by atoms with Crippen LogP contribution in [0.3, 0.4) is 0 Å². The zero-order valence-electron chi connectivity index (χ0n) is 18.0. The summed E-state index contributed by atoms with van der Waals surface area (Å²) in [7, 11) is 0. The molecule has 3 aliphatic rings. The minimum absolute atomic E-state index is 0.0124. The van der Waals surface area contributed by atoms with E-state index in [2.05, 4.69) is 5.32 Å². The van der Waals surface area contributed by atoms with Crippen molar-refractivity contribution in [3.05, 3.63) is 35.9 Å². The molecule has 2 unspecified atom stereocenters. The summed E-state index contributed by atoms with van der Waals surface area (Å²) < 4.78 is 11.8. The van der Waals surface area contributed by atoms with Gasteiger partial charge in [0.25, 0.3) is 0 Å². The molecule has 0 radical (unpaired) electrons. The van der Waals surface area contributed by atoms with E-state index in [0.29, 0.717) is 25.8 Å². The van der Waals surface area contributed by atoms with Gasteiger partial charge in [0, 0.05) is 13.1 Å². The second kappa shape index (κ2) is 8.24. The van der Waals surface area contributed by atoms with Gasteiger partial charge in [0.2, 0.25) is 11.8 Å². The van der Waals surface area contributed by atoms with Gasteiger partial charge >= 0.3 is 5.97 Å². The minimum Gasteiger partial charge on any atom is -0.466 e. The van der Waals surface area contributed by atoms with E-state index in [1.165, 1.54) is 4.90 Å². The summed E-state index contributed by atoms with van der Waals surface area (Å²) in [5.41, 5.74) is -0.940. The van der Waals surface area contributed by atoms with E-state index in [9.17, 15) is 19.5 Å². The van der Waals surface area contributed by atoms with E-state index in [0.717, 1.165) is 5.56 Å². The number of fused-ring (bicyclic) bond motifs is 1. The Morgan fingerprint density at radius 1 is 1.26 bits per heavy atom. The lowest BCUT2D eigenvalue weighted by Crippen LogP contribution is -2.55. The van der Waals surface area contributed by atoms with Gasteiger partial charge in [-0.1, -0.05) is 37.3 Å². The molecule has 2 amide bonds. The first-order chi connectivity index (χ1) is 14.9. The number of amides is 2. The van der Waals surface area contributed by atoms with Gasteiger partial charge in [-0.3, -0.25) is 14.4 Å². The van der Waals surface area contributed by atoms with Crippen LogP contribution in [0.15, 0.2) is 30.3 Å². The van der Waals surface area contributed by atoms with Gasteiger partial charge in [-0.05, 0) is 31.7 Å². The van der Waals surface area contributed by atoms with E-state index >= 15 is 0 Å². The number of rotatable bonds is 8. The van der Waals surface area contributed by atoms with E-state index < -0.39 is 35.0 Å². The number of ether oxygens (including phenoxy) is 2. The Labute approximate surface area is 181 Å². The maximum absolute atomic E-state index is 13.5. The third-order valence-electron chi connectivity index (χ3n) is 7.12. The van der Waals surface area contributed by atoms with Gasteiger partial charge in [0.15, 0.2) is 0 Å². The van der Waals surface area contributed by atoms with E-state index in [4.69, 9.17) is 9.47 Å². The number of nitrogens with one attached hydrogen (secondary N) is 1. The number of esters is 1. The fourth-order valence-corrected chi connectivity index (χ4v) is 5.84. The summed E-state index contributed by atoms with van der Waals surface area (Å²) in [6.45, 7) is 3.93. The zero-order valence-corrected chi connectivity index (χ0v) is 18.0. The monoisotopic (exact) mass is 430 g/mol. The number of aliphatic hydroxyl groups excluding tert-OH is 1. The number of carbonyl (C=O) groups excluding carboxylic acids is 3. The molecule has 3 saturated heterocycles. The number of nitrogens with zero attached hydrogens (tertiary/aromatic N) is 1. The molecule has 2 N–H and O–H groups in total. The lowest BCUT2D eigenvalue weighted by molar-refractivity contribution is -0.160. The highest BCUT2D eigenvalue weighted by Crippen LogP contribution is 2.64. The van der Waals surface area contributed by atoms with Gasteiger partial charge in [0.1, 0.15) is 17.6 Å². The predicted molar refractivity (Wildman–Crippen MR) is 111 cm³/mol. The van der Waals surface area contributed by atoms with E-state index in [-0.39, 0.29) is 31.6 Å². The van der Waals surface area contributed by atoms with Crippen LogP contribution in [0.5, 0.6) is 0 Å². The standard InChI is InChI=1S/C23H30N2O6/c1-3-22-10-11-23(31-22)16(17(22)21(29)30-4-2)20(28)25(12-13-26)18(23)19(27)24-14-15-8-6-5-7-9-15/h5-9,16-18,26H,3-4,10-14H2,1-2H3,(H,24,27)/t16-,17+,18?,22-,23?/m0/s1. The van der Waals surface area contributed by atoms with E-state index in [1.807, 2.05) is 37.3 Å². The Balaban J connectivity index is 1.67. The van der Waals surface area contributed by atoms with Crippen LogP contribution in [-0.4, -0.2) is 64.8 Å². The predicted octanol–water partition coefficient (Wildman–Crippen LogP) is 1.01. The van der Waals surface area contributed by atoms with Crippen molar-refractivity contribution in [2.24, 2.45) is 11.8 Å². The normalized spacial score (nSPS) is 33.5. The number of hydrogen-bond acceptors (Lipinski definition) is 6. The molecule has 1 aromatic rings. The molecule has 31 heavy (non-hydrogen) atoms. The second-order valence-electron chi connectivity index (χ2n) is 8.54. The smallest absolute Gasteiger partial charge is 0.312 e. The second-order valence-corrected chi connectivity index (χ2v) is 8.54. The van der Waals surface area contributed by atoms with Crippen molar-refractivity contribution >= 4 is 17.8 Å². The van der Waals surface area contributed by atoms with Gasteiger partial charge in [-0.15, -0.1) is 0 Å². The van der Waals surface area contributed by atoms with Crippen LogP contribution in [0, 0.1) is 11.8 Å². The number of benzene rings is 1. The Hall–Kier alpha value is -2.45. The van der Waals surface area contributed by atoms with Gasteiger partial charge in [-0.2, -0.15) is 0 Å². The lowest BCUT2D eigenvalue weighted by atomic mass is 9.65. The Morgan fingerprint density at radius 2 is 2.00 bits per heavy atom. The van der Waals surface area contributed by atoms with Crippen molar-refractivity contribution in [2.45, 2.75) is 56.9 Å². The Morgan fingerprint density at radius 3 is 2.65 bits per heavy atom. The topological polar surface area (TPSA) is 105 Å². The van der Waals surface area contributed by atoms with Crippen LogP contribution < -0.4 is 5.32 Å². The van der Waals surface area contributed by atoms with Crippen molar-refractivity contribution in [1.82, 2.24) is 10.2 Å². The molecule has 1 aromatic carbocycles. The molecular formula is C23H30N2O6. The number of hydrogen-bond donors (Lipinski definition) is 2. The fourth-order valence-electron chi connectivity index (χ4n) is 5.84. The highest BCUT2D eigenvalue weighted by atomic mass is 16.6. The molecule has 2 bridgehead atoms. The molecule has 3 heterocycles. The third-order valence-corrected chi connectivity index (χ3v) is 7.12. The van der Waals surface area contributed by atoms with E-state index in [1.54, 1.807) is 6.92 Å². The first-order valence-electron chi connectivity index (χ1n) is 11.0. The van der Waals surface area contributed by atoms with Crippen molar-refractivity contribution < 1.29 is 29.0 Å². The van der Waals surface area contributed by atoms with Crippen LogP contribution in [0.25, 0.3) is 0 Å². The molecule has 1 spiro atoms. The van der Waals surface area contributed by atoms with Gasteiger partial charge in [0.05, 0.1) is 24.7 Å². The number of β-amino-alcohol motifs (C(OH)–C–C–N with tert-alkyl or cyclic N) is 1. The molecular weight excluding hydrogens is 400 g/mol. The summed E-state index contributed by atoms with van der Waals surface area (Å²) >= 11 is 0. The summed E-state index contributed by atoms with van der Waals surface area (Å²) in [5, 5.41) is 12.5. The molecule has 4 rings (SSSR count). The highest BCUT2D eigenvalue weighted by Gasteiger charge is 2.78. The molecule has 3 aliphatic heterocycles. The molecule has 3 fully saturated rings. The van der Waals surface area contributed by atoms with Crippen molar-refractivity contribution in [3.8, 4) is 0 Å². The van der Waals surface area contributed by atoms with Crippen LogP contribution in [0.4, 0.5) is 0 Å². The molecule has 0 saturated carbocycles. The van der Waals surface area contributed by atoms with Crippen LogP contribution in [0.2, 0.25) is 0 Å². The third kappa shape index (κ3) is 3.24. The molecule has 5 atom stereocenters. The largest absolute Gasteiger partial charge is 0.466 e. The molecule has 168 valence electrons. The summed E-state index contributed by atoms with van der Waals surface area (Å²) in [6.07, 6.45) is 1.66. The SMILES string of the molecule is CCOC(=O)[C@H]1[C@H]2C(=O)N(CCO)C(C(=O)NCc3ccccc3)C23CC[C@]1(CC)O3. The van der Waals surface area contributed by atoms with Crippen LogP contribution in [-0.2, 0) is 30.4 Å². The van der Waals surface area contributed by atoms with Crippen molar-refractivity contribution in [1.29, 1.82) is 0 Å². The summed E-state index contributed by atoms with van der Waals surface area (Å²) in [6, 6.07) is 8.61. The summed E-state index contributed by atoms with van der Waals surface area (Å²) in [5.74, 6) is -2.61. The first kappa shape index (κ1) is 21.8. The fraction of sp³-hybridized carbons (Fsp3) is 0.609. The Kier molecular flexibility index (Phi) is 5.79. The highest BCUT2D eigenvalue weighted by molar-refractivity contribution is 5.98. The van der Waals surface area contributed by atoms with Crippen molar-refractivity contribution in [2.75, 3.05) is 19.8 Å². The molecule has 8 heteroatoms. The van der Waals surface area contributed by atoms with Gasteiger partial charge in [-0.25, -0.2) is 0 Å². The average Bonchev–Trinajstić information content (AvgIpc) is 3.37. The lowest BCUT2D eigenvalue weighted by Gasteiger charge is -2.33.